The molecular weight excluding hydrogens is 227 g/mol. The van der Waals surface area contributed by atoms with Gasteiger partial charge in [0, 0.05) is 11.1 Å². The molecule has 2 rings (SSSR count). The summed E-state index contributed by atoms with van der Waals surface area (Å²) < 4.78 is 12.8. The number of quaternary nitrogens is 1. The molecule has 0 heterocycles. The van der Waals surface area contributed by atoms with Crippen LogP contribution in [-0.4, -0.2) is 0 Å². The van der Waals surface area contributed by atoms with E-state index < -0.39 is 0 Å². The normalized spacial score (nSPS) is 11.8. The first-order valence-electron chi connectivity index (χ1n) is 5.82. The van der Waals surface area contributed by atoms with Crippen molar-refractivity contribution in [2.75, 3.05) is 0 Å². The average molecular weight is 241 g/mol. The standard InChI is InChI=1S/C15H13FN2/c16-14-8-6-13(7-9-14)15(10-17)18-11-12-4-2-1-3-5-12/h1-9,15,18H,11H2/p+1. The molecule has 0 amide bonds. The topological polar surface area (TPSA) is 40.4 Å². The van der Waals surface area contributed by atoms with Crippen molar-refractivity contribution < 1.29 is 9.71 Å². The van der Waals surface area contributed by atoms with E-state index in [9.17, 15) is 4.39 Å². The van der Waals surface area contributed by atoms with Crippen LogP contribution < -0.4 is 5.32 Å². The maximum absolute atomic E-state index is 12.8. The van der Waals surface area contributed by atoms with E-state index in [2.05, 4.69) is 6.07 Å². The van der Waals surface area contributed by atoms with E-state index in [-0.39, 0.29) is 11.9 Å². The van der Waals surface area contributed by atoms with Crippen molar-refractivity contribution in [2.24, 2.45) is 0 Å². The van der Waals surface area contributed by atoms with Gasteiger partial charge < -0.3 is 5.32 Å². The number of nitrogens with two attached hydrogens (primary N) is 1. The molecule has 0 aliphatic carbocycles. The van der Waals surface area contributed by atoms with Crippen LogP contribution in [0.3, 0.4) is 0 Å². The summed E-state index contributed by atoms with van der Waals surface area (Å²) >= 11 is 0. The van der Waals surface area contributed by atoms with E-state index >= 15 is 0 Å². The van der Waals surface area contributed by atoms with Gasteiger partial charge in [0.25, 0.3) is 0 Å². The predicted octanol–water partition coefficient (Wildman–Crippen LogP) is 2.15. The van der Waals surface area contributed by atoms with Crippen molar-refractivity contribution in [3.63, 3.8) is 0 Å². The van der Waals surface area contributed by atoms with Crippen molar-refractivity contribution in [1.29, 1.82) is 5.26 Å². The fraction of sp³-hybridized carbons (Fsp3) is 0.133. The molecule has 0 aliphatic rings. The Morgan fingerprint density at radius 1 is 1.06 bits per heavy atom. The number of nitriles is 1. The van der Waals surface area contributed by atoms with Gasteiger partial charge in [0.15, 0.2) is 6.04 Å². The number of hydrogen-bond donors (Lipinski definition) is 1. The number of nitrogens with zero attached hydrogens (tertiary/aromatic N) is 1. The lowest BCUT2D eigenvalue weighted by atomic mass is 10.1. The van der Waals surface area contributed by atoms with E-state index in [1.807, 2.05) is 35.6 Å². The smallest absolute Gasteiger partial charge is 0.199 e. The van der Waals surface area contributed by atoms with Crippen LogP contribution in [0.5, 0.6) is 0 Å². The fourth-order valence-corrected chi connectivity index (χ4v) is 1.80. The maximum Gasteiger partial charge on any atom is 0.199 e. The first-order valence-corrected chi connectivity index (χ1v) is 5.82. The van der Waals surface area contributed by atoms with Crippen LogP contribution >= 0.6 is 0 Å². The molecule has 2 N–H and O–H groups in total. The molecule has 1 atom stereocenters. The van der Waals surface area contributed by atoms with Gasteiger partial charge in [-0.25, -0.2) is 4.39 Å². The highest BCUT2D eigenvalue weighted by Gasteiger charge is 2.13. The summed E-state index contributed by atoms with van der Waals surface area (Å²) in [4.78, 5) is 0. The molecule has 2 aromatic carbocycles. The third kappa shape index (κ3) is 3.16. The van der Waals surface area contributed by atoms with Crippen molar-refractivity contribution in [1.82, 2.24) is 0 Å². The summed E-state index contributed by atoms with van der Waals surface area (Å²) in [7, 11) is 0. The summed E-state index contributed by atoms with van der Waals surface area (Å²) in [6.07, 6.45) is 0. The molecule has 0 saturated carbocycles. The lowest BCUT2D eigenvalue weighted by Crippen LogP contribution is -2.83. The van der Waals surface area contributed by atoms with E-state index in [0.29, 0.717) is 0 Å². The largest absolute Gasteiger partial charge is 0.324 e. The quantitative estimate of drug-likeness (QED) is 0.875. The molecule has 0 aliphatic heterocycles. The molecule has 2 aromatic rings. The van der Waals surface area contributed by atoms with Gasteiger partial charge in [-0.1, -0.05) is 30.3 Å². The minimum atomic E-state index is -0.300. The Morgan fingerprint density at radius 2 is 1.72 bits per heavy atom. The Morgan fingerprint density at radius 3 is 2.33 bits per heavy atom. The summed E-state index contributed by atoms with van der Waals surface area (Å²) in [5.74, 6) is -0.279. The second-order valence-corrected chi connectivity index (χ2v) is 4.08. The van der Waals surface area contributed by atoms with Crippen LogP contribution in [0.4, 0.5) is 4.39 Å². The van der Waals surface area contributed by atoms with Crippen LogP contribution in [-0.2, 0) is 6.54 Å². The van der Waals surface area contributed by atoms with Crippen LogP contribution in [0.25, 0.3) is 0 Å². The second-order valence-electron chi connectivity index (χ2n) is 4.08. The van der Waals surface area contributed by atoms with E-state index in [0.717, 1.165) is 12.1 Å². The lowest BCUT2D eigenvalue weighted by molar-refractivity contribution is -0.699. The molecule has 1 unspecified atom stereocenters. The van der Waals surface area contributed by atoms with Crippen molar-refractivity contribution in [3.8, 4) is 6.07 Å². The highest BCUT2D eigenvalue weighted by atomic mass is 19.1. The van der Waals surface area contributed by atoms with Gasteiger partial charge in [-0.05, 0) is 24.3 Å². The van der Waals surface area contributed by atoms with Crippen LogP contribution in [0.2, 0.25) is 0 Å². The highest BCUT2D eigenvalue weighted by Crippen LogP contribution is 2.09. The van der Waals surface area contributed by atoms with Crippen LogP contribution in [0.1, 0.15) is 17.2 Å². The van der Waals surface area contributed by atoms with Gasteiger partial charge in [0.1, 0.15) is 18.4 Å². The molecule has 2 nitrogen and oxygen atoms in total. The van der Waals surface area contributed by atoms with E-state index in [1.54, 1.807) is 12.1 Å². The van der Waals surface area contributed by atoms with Gasteiger partial charge >= 0.3 is 0 Å². The number of rotatable bonds is 4. The number of benzene rings is 2. The van der Waals surface area contributed by atoms with Crippen molar-refractivity contribution in [3.05, 3.63) is 71.5 Å². The van der Waals surface area contributed by atoms with Gasteiger partial charge in [0.05, 0.1) is 0 Å². The van der Waals surface area contributed by atoms with Crippen LogP contribution in [0.15, 0.2) is 54.6 Å². The van der Waals surface area contributed by atoms with Gasteiger partial charge in [-0.15, -0.1) is 0 Å². The molecule has 0 fully saturated rings. The molecular formula is C15H14FN2+. The highest BCUT2D eigenvalue weighted by molar-refractivity contribution is 5.22. The van der Waals surface area contributed by atoms with E-state index in [1.165, 1.54) is 17.7 Å². The number of hydrogen-bond acceptors (Lipinski definition) is 1. The molecule has 0 bridgehead atoms. The summed E-state index contributed by atoms with van der Waals surface area (Å²) in [6, 6.07) is 18.0. The van der Waals surface area contributed by atoms with Gasteiger partial charge in [0.2, 0.25) is 0 Å². The molecule has 3 heteroatoms. The zero-order chi connectivity index (χ0) is 12.8. The molecule has 0 spiro atoms. The predicted molar refractivity (Wildman–Crippen MR) is 66.8 cm³/mol. The Balaban J connectivity index is 2.02. The third-order valence-electron chi connectivity index (χ3n) is 2.80. The summed E-state index contributed by atoms with van der Waals surface area (Å²) in [6.45, 7) is 0.733. The molecule has 0 saturated heterocycles. The number of halogens is 1. The van der Waals surface area contributed by atoms with Gasteiger partial charge in [-0.2, -0.15) is 5.26 Å². The molecule has 0 radical (unpaired) electrons. The SMILES string of the molecule is N#CC([NH2+]Cc1ccccc1)c1ccc(F)cc1. The average Bonchev–Trinajstić information content (AvgIpc) is 2.42. The summed E-state index contributed by atoms with van der Waals surface area (Å²) in [5, 5.41) is 11.1. The second kappa shape index (κ2) is 5.95. The zero-order valence-corrected chi connectivity index (χ0v) is 9.88. The monoisotopic (exact) mass is 241 g/mol. The lowest BCUT2D eigenvalue weighted by Gasteiger charge is -2.08. The fourth-order valence-electron chi connectivity index (χ4n) is 1.80. The Kier molecular flexibility index (Phi) is 4.06. The first kappa shape index (κ1) is 12.3. The minimum Gasteiger partial charge on any atom is -0.324 e. The van der Waals surface area contributed by atoms with Crippen LogP contribution in [0, 0.1) is 17.1 Å². The van der Waals surface area contributed by atoms with Crippen molar-refractivity contribution >= 4 is 0 Å². The first-order chi connectivity index (χ1) is 8.79. The maximum atomic E-state index is 12.8. The molecule has 18 heavy (non-hydrogen) atoms. The Labute approximate surface area is 106 Å². The zero-order valence-electron chi connectivity index (χ0n) is 9.88. The Hall–Kier alpha value is -2.18. The summed E-state index contributed by atoms with van der Waals surface area (Å²) in [5.41, 5.74) is 2.00. The minimum absolute atomic E-state index is 0.279. The molecule has 90 valence electrons. The molecule has 0 aromatic heterocycles. The Bertz CT molecular complexity index is 529. The third-order valence-corrected chi connectivity index (χ3v) is 2.80. The van der Waals surface area contributed by atoms with Gasteiger partial charge in [-0.3, -0.25) is 0 Å². The van der Waals surface area contributed by atoms with E-state index in [4.69, 9.17) is 5.26 Å². The van der Waals surface area contributed by atoms with Crippen molar-refractivity contribution in [2.45, 2.75) is 12.6 Å².